The number of piperazine rings is 1. The van der Waals surface area contributed by atoms with Crippen molar-refractivity contribution in [2.45, 2.75) is 26.4 Å². The molecule has 7 heteroatoms. The van der Waals surface area contributed by atoms with E-state index in [-0.39, 0.29) is 5.91 Å². The largest absolute Gasteiger partial charge is 0.382 e. The number of rotatable bonds is 9. The van der Waals surface area contributed by atoms with Crippen molar-refractivity contribution in [3.05, 3.63) is 78.6 Å². The number of fused-ring (bicyclic) bond motifs is 1. The van der Waals surface area contributed by atoms with Crippen LogP contribution in [0.2, 0.25) is 0 Å². The first-order chi connectivity index (χ1) is 17.6. The standard InChI is InChI=1S/C29H35N5O2/c1-3-36-17-7-12-34-22-30-18-24(34)19-32-20-27(26-11-6-9-23-8-4-5-10-25(23)26)28(21-32)29(35)33-15-13-31(2)14-16-33/h4-6,8-11,18,20-22H,3,7,12-17,19H2,1-2H3. The minimum atomic E-state index is 0.106. The van der Waals surface area contributed by atoms with Crippen molar-refractivity contribution < 1.29 is 9.53 Å². The molecule has 3 heterocycles. The Balaban J connectivity index is 1.48. The van der Waals surface area contributed by atoms with Gasteiger partial charge in [0, 0.05) is 70.1 Å². The Morgan fingerprint density at radius 3 is 2.64 bits per heavy atom. The first-order valence-corrected chi connectivity index (χ1v) is 12.9. The quantitative estimate of drug-likeness (QED) is 0.331. The zero-order chi connectivity index (χ0) is 24.9. The Morgan fingerprint density at radius 1 is 1.00 bits per heavy atom. The van der Waals surface area contributed by atoms with E-state index in [1.165, 1.54) is 5.39 Å². The molecule has 1 amide bonds. The number of benzene rings is 2. The summed E-state index contributed by atoms with van der Waals surface area (Å²) in [5.74, 6) is 0.106. The highest BCUT2D eigenvalue weighted by Gasteiger charge is 2.25. The number of imidazole rings is 1. The normalized spacial score (nSPS) is 14.6. The van der Waals surface area contributed by atoms with E-state index in [1.54, 1.807) is 0 Å². The Labute approximate surface area is 212 Å². The summed E-state index contributed by atoms with van der Waals surface area (Å²) < 4.78 is 9.81. The summed E-state index contributed by atoms with van der Waals surface area (Å²) in [6.45, 7) is 8.32. The van der Waals surface area contributed by atoms with Crippen molar-refractivity contribution in [1.29, 1.82) is 0 Å². The van der Waals surface area contributed by atoms with Gasteiger partial charge >= 0.3 is 0 Å². The van der Waals surface area contributed by atoms with Gasteiger partial charge in [-0.2, -0.15) is 0 Å². The lowest BCUT2D eigenvalue weighted by molar-refractivity contribution is 0.0665. The third kappa shape index (κ3) is 5.22. The van der Waals surface area contributed by atoms with E-state index in [2.05, 4.69) is 74.7 Å². The average Bonchev–Trinajstić information content (AvgIpc) is 3.53. The summed E-state index contributed by atoms with van der Waals surface area (Å²) in [6.07, 6.45) is 8.89. The van der Waals surface area contributed by atoms with Crippen molar-refractivity contribution in [1.82, 2.24) is 23.9 Å². The van der Waals surface area contributed by atoms with Gasteiger partial charge in [0.2, 0.25) is 0 Å². The fourth-order valence-electron chi connectivity index (χ4n) is 4.97. The van der Waals surface area contributed by atoms with Gasteiger partial charge in [0.1, 0.15) is 0 Å². The zero-order valence-corrected chi connectivity index (χ0v) is 21.3. The number of likely N-dealkylation sites (N-methyl/N-ethyl adjacent to an activating group) is 1. The molecule has 1 fully saturated rings. The highest BCUT2D eigenvalue weighted by Crippen LogP contribution is 2.33. The number of aryl methyl sites for hydroxylation is 1. The summed E-state index contributed by atoms with van der Waals surface area (Å²) in [4.78, 5) is 22.4. The predicted octanol–water partition coefficient (Wildman–Crippen LogP) is 4.37. The molecule has 2 aromatic carbocycles. The number of nitrogens with zero attached hydrogens (tertiary/aromatic N) is 5. The molecule has 4 aromatic rings. The first kappa shape index (κ1) is 24.3. The smallest absolute Gasteiger partial charge is 0.256 e. The molecule has 0 bridgehead atoms. The molecule has 0 spiro atoms. The lowest BCUT2D eigenvalue weighted by Crippen LogP contribution is -2.47. The molecule has 0 aliphatic carbocycles. The van der Waals surface area contributed by atoms with Crippen LogP contribution < -0.4 is 0 Å². The summed E-state index contributed by atoms with van der Waals surface area (Å²) in [5.41, 5.74) is 3.95. The monoisotopic (exact) mass is 485 g/mol. The maximum absolute atomic E-state index is 13.8. The molecule has 0 saturated carbocycles. The van der Waals surface area contributed by atoms with Gasteiger partial charge in [0.25, 0.3) is 5.91 Å². The van der Waals surface area contributed by atoms with Crippen molar-refractivity contribution in [2.24, 2.45) is 0 Å². The van der Waals surface area contributed by atoms with Gasteiger partial charge in [-0.25, -0.2) is 4.98 Å². The fraction of sp³-hybridized carbons (Fsp3) is 0.379. The Morgan fingerprint density at radius 2 is 1.81 bits per heavy atom. The number of hydrogen-bond acceptors (Lipinski definition) is 4. The van der Waals surface area contributed by atoms with Crippen LogP contribution in [0.4, 0.5) is 0 Å². The molecule has 2 aromatic heterocycles. The van der Waals surface area contributed by atoms with Crippen LogP contribution in [0.5, 0.6) is 0 Å². The number of aromatic nitrogens is 3. The van der Waals surface area contributed by atoms with Crippen molar-refractivity contribution >= 4 is 16.7 Å². The van der Waals surface area contributed by atoms with E-state index < -0.39 is 0 Å². The van der Waals surface area contributed by atoms with Crippen molar-refractivity contribution in [3.63, 3.8) is 0 Å². The third-order valence-electron chi connectivity index (χ3n) is 7.02. The number of hydrogen-bond donors (Lipinski definition) is 0. The van der Waals surface area contributed by atoms with E-state index in [1.807, 2.05) is 30.5 Å². The molecule has 36 heavy (non-hydrogen) atoms. The Hall–Kier alpha value is -3.42. The van der Waals surface area contributed by atoms with Gasteiger partial charge < -0.3 is 23.7 Å². The second kappa shape index (κ2) is 11.1. The van der Waals surface area contributed by atoms with Crippen LogP contribution >= 0.6 is 0 Å². The molecular weight excluding hydrogens is 450 g/mol. The molecule has 0 N–H and O–H groups in total. The highest BCUT2D eigenvalue weighted by atomic mass is 16.5. The van der Waals surface area contributed by atoms with Crippen LogP contribution in [0.3, 0.4) is 0 Å². The number of carbonyl (C=O) groups is 1. The molecule has 1 aliphatic rings. The second-order valence-corrected chi connectivity index (χ2v) is 9.51. The van der Waals surface area contributed by atoms with Crippen LogP contribution in [0.25, 0.3) is 21.9 Å². The van der Waals surface area contributed by atoms with Crippen LogP contribution in [-0.2, 0) is 17.8 Å². The van der Waals surface area contributed by atoms with E-state index in [0.717, 1.165) is 80.1 Å². The SMILES string of the molecule is CCOCCCn1cncc1Cn1cc(C(=O)N2CCN(C)CC2)c(-c2cccc3ccccc23)c1. The zero-order valence-electron chi connectivity index (χ0n) is 21.3. The predicted molar refractivity (Wildman–Crippen MR) is 143 cm³/mol. The van der Waals surface area contributed by atoms with Crippen molar-refractivity contribution in [3.8, 4) is 11.1 Å². The van der Waals surface area contributed by atoms with Gasteiger partial charge in [-0.1, -0.05) is 42.5 Å². The Kier molecular flexibility index (Phi) is 7.49. The molecule has 188 valence electrons. The van der Waals surface area contributed by atoms with Crippen LogP contribution in [0.15, 0.2) is 67.4 Å². The topological polar surface area (TPSA) is 55.5 Å². The van der Waals surface area contributed by atoms with Gasteiger partial charge in [-0.05, 0) is 36.7 Å². The third-order valence-corrected chi connectivity index (χ3v) is 7.02. The minimum absolute atomic E-state index is 0.106. The van der Waals surface area contributed by atoms with Gasteiger partial charge in [0.05, 0.1) is 24.1 Å². The lowest BCUT2D eigenvalue weighted by Gasteiger charge is -2.32. The number of ether oxygens (including phenoxy) is 1. The molecule has 0 atom stereocenters. The van der Waals surface area contributed by atoms with Crippen LogP contribution in [0.1, 0.15) is 29.4 Å². The molecule has 5 rings (SSSR count). The van der Waals surface area contributed by atoms with Gasteiger partial charge in [-0.15, -0.1) is 0 Å². The van der Waals surface area contributed by atoms with E-state index in [0.29, 0.717) is 6.54 Å². The fourth-order valence-corrected chi connectivity index (χ4v) is 4.97. The Bertz CT molecular complexity index is 1310. The lowest BCUT2D eigenvalue weighted by atomic mass is 9.97. The van der Waals surface area contributed by atoms with Crippen LogP contribution in [0, 0.1) is 0 Å². The molecular formula is C29H35N5O2. The van der Waals surface area contributed by atoms with E-state index in [4.69, 9.17) is 4.74 Å². The molecule has 7 nitrogen and oxygen atoms in total. The number of amides is 1. The molecule has 1 saturated heterocycles. The average molecular weight is 486 g/mol. The minimum Gasteiger partial charge on any atom is -0.382 e. The maximum Gasteiger partial charge on any atom is 0.256 e. The summed E-state index contributed by atoms with van der Waals surface area (Å²) >= 11 is 0. The van der Waals surface area contributed by atoms with Gasteiger partial charge in [-0.3, -0.25) is 4.79 Å². The highest BCUT2D eigenvalue weighted by molar-refractivity contribution is 6.06. The maximum atomic E-state index is 13.8. The second-order valence-electron chi connectivity index (χ2n) is 9.51. The van der Waals surface area contributed by atoms with E-state index >= 15 is 0 Å². The number of carbonyl (C=O) groups excluding carboxylic acids is 1. The van der Waals surface area contributed by atoms with Crippen molar-refractivity contribution in [2.75, 3.05) is 46.4 Å². The summed E-state index contributed by atoms with van der Waals surface area (Å²) in [5, 5.41) is 2.33. The molecule has 0 radical (unpaired) electrons. The molecule has 1 aliphatic heterocycles. The van der Waals surface area contributed by atoms with Crippen LogP contribution in [-0.4, -0.2) is 76.3 Å². The summed E-state index contributed by atoms with van der Waals surface area (Å²) in [6, 6.07) is 14.7. The summed E-state index contributed by atoms with van der Waals surface area (Å²) in [7, 11) is 2.11. The molecule has 0 unspecified atom stereocenters. The van der Waals surface area contributed by atoms with Gasteiger partial charge in [0.15, 0.2) is 0 Å². The first-order valence-electron chi connectivity index (χ1n) is 12.9. The van der Waals surface area contributed by atoms with E-state index in [9.17, 15) is 4.79 Å².